The Hall–Kier alpha value is -2.84. The molecule has 0 saturated heterocycles. The van der Waals surface area contributed by atoms with Gasteiger partial charge in [0.1, 0.15) is 6.17 Å². The molecule has 0 saturated carbocycles. The van der Waals surface area contributed by atoms with Crippen molar-refractivity contribution in [1.82, 2.24) is 10.6 Å². The normalized spacial score (nSPS) is 11.8. The van der Waals surface area contributed by atoms with E-state index < -0.39 is 15.9 Å². The van der Waals surface area contributed by atoms with Crippen LogP contribution < -0.4 is 16.0 Å². The summed E-state index contributed by atoms with van der Waals surface area (Å²) in [6.07, 6.45) is -1.08. The Morgan fingerprint density at radius 1 is 0.886 bits per heavy atom. The van der Waals surface area contributed by atoms with Gasteiger partial charge in [-0.15, -0.1) is 0 Å². The maximum Gasteiger partial charge on any atom is 0.339 e. The molecule has 1 atom stereocenters. The number of carbonyl (C=O) groups is 2. The number of rotatable bonds is 7. The molecule has 0 aliphatic rings. The Balaban J connectivity index is 1.63. The van der Waals surface area contributed by atoms with E-state index in [-0.39, 0.29) is 23.0 Å². The highest BCUT2D eigenvalue weighted by Crippen LogP contribution is 2.29. The molecule has 6 nitrogen and oxygen atoms in total. The van der Waals surface area contributed by atoms with Crippen LogP contribution in [0.25, 0.3) is 11.1 Å². The summed E-state index contributed by atoms with van der Waals surface area (Å²) in [5.74, 6) is -0.917. The third-order valence-corrected chi connectivity index (χ3v) is 5.79. The lowest BCUT2D eigenvalue weighted by atomic mass is 10.0. The summed E-state index contributed by atoms with van der Waals surface area (Å²) < 4.78 is 2.86. The van der Waals surface area contributed by atoms with E-state index in [1.807, 2.05) is 54.6 Å². The van der Waals surface area contributed by atoms with Gasteiger partial charge in [-0.1, -0.05) is 102 Å². The van der Waals surface area contributed by atoms with Crippen molar-refractivity contribution in [3.63, 3.8) is 0 Å². The van der Waals surface area contributed by atoms with Gasteiger partial charge >= 0.3 is 5.97 Å². The SMILES string of the molecule is COC(=O)c1ccccc1NC(=S)NC(NC(=O)Cc1ccc(-c2ccccc2)cc1)C(Cl)(Cl)Cl. The van der Waals surface area contributed by atoms with E-state index in [0.29, 0.717) is 5.69 Å². The summed E-state index contributed by atoms with van der Waals surface area (Å²) in [5, 5.41) is 8.33. The van der Waals surface area contributed by atoms with Crippen LogP contribution in [-0.2, 0) is 16.0 Å². The number of hydrogen-bond donors (Lipinski definition) is 3. The van der Waals surface area contributed by atoms with E-state index >= 15 is 0 Å². The summed E-state index contributed by atoms with van der Waals surface area (Å²) in [6.45, 7) is 0. The fourth-order valence-electron chi connectivity index (χ4n) is 3.21. The number of ether oxygens (including phenoxy) is 1. The van der Waals surface area contributed by atoms with Crippen molar-refractivity contribution in [2.75, 3.05) is 12.4 Å². The number of methoxy groups -OCH3 is 1. The van der Waals surface area contributed by atoms with Crippen molar-refractivity contribution in [1.29, 1.82) is 0 Å². The number of carbonyl (C=O) groups excluding carboxylic acids is 2. The van der Waals surface area contributed by atoms with Crippen LogP contribution >= 0.6 is 47.0 Å². The Labute approximate surface area is 223 Å². The molecule has 0 radical (unpaired) electrons. The number of alkyl halides is 3. The molecule has 3 aromatic carbocycles. The quantitative estimate of drug-likeness (QED) is 0.156. The van der Waals surface area contributed by atoms with Gasteiger partial charge in [0.25, 0.3) is 0 Å². The Morgan fingerprint density at radius 2 is 1.49 bits per heavy atom. The highest BCUT2D eigenvalue weighted by atomic mass is 35.6. The van der Waals surface area contributed by atoms with Crippen molar-refractivity contribution in [3.8, 4) is 11.1 Å². The van der Waals surface area contributed by atoms with Crippen LogP contribution in [0.15, 0.2) is 78.9 Å². The van der Waals surface area contributed by atoms with E-state index in [1.165, 1.54) is 7.11 Å². The molecular weight excluding hydrogens is 529 g/mol. The fourth-order valence-corrected chi connectivity index (χ4v) is 3.77. The number of benzene rings is 3. The molecule has 10 heteroatoms. The van der Waals surface area contributed by atoms with Crippen LogP contribution in [0.5, 0.6) is 0 Å². The lowest BCUT2D eigenvalue weighted by molar-refractivity contribution is -0.121. The molecule has 0 aliphatic heterocycles. The molecule has 3 aromatic rings. The van der Waals surface area contributed by atoms with Crippen LogP contribution in [-0.4, -0.2) is 34.1 Å². The lowest BCUT2D eigenvalue weighted by Gasteiger charge is -2.28. The van der Waals surface area contributed by atoms with Crippen LogP contribution in [0.1, 0.15) is 15.9 Å². The number of hydrogen-bond acceptors (Lipinski definition) is 4. The number of esters is 1. The van der Waals surface area contributed by atoms with Crippen LogP contribution in [0, 0.1) is 0 Å². The maximum absolute atomic E-state index is 12.7. The average molecular weight is 551 g/mol. The molecule has 0 fully saturated rings. The number of halogens is 3. The summed E-state index contributed by atoms with van der Waals surface area (Å²) in [4.78, 5) is 24.7. The van der Waals surface area contributed by atoms with Crippen molar-refractivity contribution in [3.05, 3.63) is 90.0 Å². The number of para-hydroxylation sites is 1. The zero-order chi connectivity index (χ0) is 25.4. The zero-order valence-corrected chi connectivity index (χ0v) is 21.6. The predicted molar refractivity (Wildman–Crippen MR) is 145 cm³/mol. The van der Waals surface area contributed by atoms with Gasteiger partial charge in [0.2, 0.25) is 9.70 Å². The second-order valence-corrected chi connectivity index (χ2v) is 10.2. The fraction of sp³-hybridized carbons (Fsp3) is 0.160. The first-order chi connectivity index (χ1) is 16.7. The molecule has 3 N–H and O–H groups in total. The molecule has 1 unspecified atom stereocenters. The smallest absolute Gasteiger partial charge is 0.339 e. The average Bonchev–Trinajstić information content (AvgIpc) is 2.84. The number of thiocarbonyl (C=S) groups is 1. The Bertz CT molecular complexity index is 1190. The second-order valence-electron chi connectivity index (χ2n) is 7.42. The van der Waals surface area contributed by atoms with E-state index in [9.17, 15) is 9.59 Å². The summed E-state index contributed by atoms with van der Waals surface area (Å²) in [6, 6.07) is 24.2. The Morgan fingerprint density at radius 3 is 2.11 bits per heavy atom. The highest BCUT2D eigenvalue weighted by molar-refractivity contribution is 7.80. The molecule has 0 bridgehead atoms. The van der Waals surface area contributed by atoms with Gasteiger partial charge in [0.15, 0.2) is 5.11 Å². The predicted octanol–water partition coefficient (Wildman–Crippen LogP) is 5.48. The van der Waals surface area contributed by atoms with Crippen molar-refractivity contribution >= 4 is 69.7 Å². The summed E-state index contributed by atoms with van der Waals surface area (Å²) in [5.41, 5.74) is 3.58. The number of nitrogens with one attached hydrogen (secondary N) is 3. The first-order valence-electron chi connectivity index (χ1n) is 10.4. The van der Waals surface area contributed by atoms with Gasteiger partial charge in [-0.25, -0.2) is 4.79 Å². The molecule has 0 aromatic heterocycles. The zero-order valence-electron chi connectivity index (χ0n) is 18.6. The van der Waals surface area contributed by atoms with Crippen LogP contribution in [0.4, 0.5) is 5.69 Å². The van der Waals surface area contributed by atoms with Crippen molar-refractivity contribution in [2.24, 2.45) is 0 Å². The van der Waals surface area contributed by atoms with Gasteiger partial charge in [0, 0.05) is 0 Å². The minimum absolute atomic E-state index is 0.0326. The van der Waals surface area contributed by atoms with Gasteiger partial charge in [0.05, 0.1) is 24.8 Å². The van der Waals surface area contributed by atoms with Crippen molar-refractivity contribution in [2.45, 2.75) is 16.4 Å². The molecule has 0 heterocycles. The van der Waals surface area contributed by atoms with E-state index in [2.05, 4.69) is 16.0 Å². The molecule has 3 rings (SSSR count). The first-order valence-corrected chi connectivity index (χ1v) is 12.0. The maximum atomic E-state index is 12.7. The molecular formula is C25H22Cl3N3O3S. The van der Waals surface area contributed by atoms with E-state index in [1.54, 1.807) is 24.3 Å². The van der Waals surface area contributed by atoms with Crippen LogP contribution in [0.2, 0.25) is 0 Å². The summed E-state index contributed by atoms with van der Waals surface area (Å²) >= 11 is 23.5. The monoisotopic (exact) mass is 549 g/mol. The third-order valence-electron chi connectivity index (χ3n) is 4.91. The van der Waals surface area contributed by atoms with Gasteiger partial charge < -0.3 is 20.7 Å². The van der Waals surface area contributed by atoms with Gasteiger partial charge in [-0.3, -0.25) is 4.79 Å². The highest BCUT2D eigenvalue weighted by Gasteiger charge is 2.34. The molecule has 182 valence electrons. The lowest BCUT2D eigenvalue weighted by Crippen LogP contribution is -2.56. The molecule has 35 heavy (non-hydrogen) atoms. The van der Waals surface area contributed by atoms with Crippen LogP contribution in [0.3, 0.4) is 0 Å². The van der Waals surface area contributed by atoms with Gasteiger partial charge in [-0.2, -0.15) is 0 Å². The first kappa shape index (κ1) is 26.8. The summed E-state index contributed by atoms with van der Waals surface area (Å²) in [7, 11) is 1.28. The van der Waals surface area contributed by atoms with Gasteiger partial charge in [-0.05, 0) is 41.0 Å². The molecule has 0 aliphatic carbocycles. The van der Waals surface area contributed by atoms with E-state index in [0.717, 1.165) is 16.7 Å². The second kappa shape index (κ2) is 12.2. The number of anilines is 1. The minimum Gasteiger partial charge on any atom is -0.465 e. The molecule has 1 amide bonds. The topological polar surface area (TPSA) is 79.5 Å². The number of amides is 1. The Kier molecular flexibility index (Phi) is 9.34. The minimum atomic E-state index is -1.92. The largest absolute Gasteiger partial charge is 0.465 e. The third kappa shape index (κ3) is 7.83. The van der Waals surface area contributed by atoms with Crippen molar-refractivity contribution < 1.29 is 14.3 Å². The van der Waals surface area contributed by atoms with E-state index in [4.69, 9.17) is 51.8 Å². The standard InChI is InChI=1S/C25H22Cl3N3O3S/c1-34-22(33)19-9-5-6-10-20(19)29-24(35)31-23(25(26,27)28)30-21(32)15-16-11-13-18(14-12-16)17-7-3-2-4-8-17/h2-14,23H,15H2,1H3,(H,30,32)(H2,29,31,35). The molecule has 0 spiro atoms.